The molecule has 0 unspecified atom stereocenters. The number of amides is 4. The Balaban J connectivity index is 1.38. The number of carbonyl (C=O) groups is 3. The zero-order valence-electron chi connectivity index (χ0n) is 30.0. The Bertz CT molecular complexity index is 1600. The molecule has 0 aromatic heterocycles. The molecule has 4 amide bonds. The van der Waals surface area contributed by atoms with Gasteiger partial charge in [0.1, 0.15) is 5.75 Å². The maximum Gasteiger partial charge on any atom is 0.323 e. The fourth-order valence-corrected chi connectivity index (χ4v) is 7.10. The number of nitrogens with zero attached hydrogens (tertiary/aromatic N) is 2. The van der Waals surface area contributed by atoms with Crippen LogP contribution in [0.5, 0.6) is 5.75 Å². The van der Waals surface area contributed by atoms with E-state index < -0.39 is 12.1 Å². The molecule has 10 heteroatoms. The highest BCUT2D eigenvalue weighted by Crippen LogP contribution is 2.30. The first-order valence-corrected chi connectivity index (χ1v) is 18.3. The number of ether oxygens (including phenoxy) is 2. The quantitative estimate of drug-likeness (QED) is 0.240. The lowest BCUT2D eigenvalue weighted by molar-refractivity contribution is -0.137. The first-order chi connectivity index (χ1) is 24.1. The molecule has 1 aliphatic carbocycles. The van der Waals surface area contributed by atoms with Gasteiger partial charge in [-0.1, -0.05) is 62.6 Å². The summed E-state index contributed by atoms with van der Waals surface area (Å²) in [7, 11) is 1.86. The summed E-state index contributed by atoms with van der Waals surface area (Å²) in [4.78, 5) is 44.5. The highest BCUT2D eigenvalue weighted by Gasteiger charge is 2.32. The number of hydrogen-bond donors (Lipinski definition) is 3. The summed E-state index contributed by atoms with van der Waals surface area (Å²) in [5, 5.41) is 18.1. The molecule has 4 atom stereocenters. The molecule has 5 rings (SSSR count). The van der Waals surface area contributed by atoms with Crippen LogP contribution in [0.3, 0.4) is 0 Å². The Morgan fingerprint density at radius 3 is 2.48 bits per heavy atom. The van der Waals surface area contributed by atoms with E-state index in [-0.39, 0.29) is 42.5 Å². The van der Waals surface area contributed by atoms with Crippen LogP contribution < -0.4 is 15.4 Å². The van der Waals surface area contributed by atoms with Crippen LogP contribution in [0, 0.1) is 11.8 Å². The maximum atomic E-state index is 14.5. The lowest BCUT2D eigenvalue weighted by Gasteiger charge is -2.36. The molecule has 2 aliphatic rings. The number of urea groups is 1. The molecule has 3 aromatic rings. The average Bonchev–Trinajstić information content (AvgIpc) is 3.12. The van der Waals surface area contributed by atoms with Gasteiger partial charge in [-0.3, -0.25) is 9.59 Å². The van der Waals surface area contributed by atoms with Gasteiger partial charge < -0.3 is 35.0 Å². The van der Waals surface area contributed by atoms with Gasteiger partial charge in [-0.05, 0) is 75.6 Å². The van der Waals surface area contributed by atoms with Crippen molar-refractivity contribution in [3.8, 4) is 5.75 Å². The summed E-state index contributed by atoms with van der Waals surface area (Å²) in [5.41, 5.74) is 1.40. The minimum atomic E-state index is -0.503. The van der Waals surface area contributed by atoms with E-state index in [0.29, 0.717) is 42.4 Å². The molecular weight excluding hydrogens is 632 g/mol. The van der Waals surface area contributed by atoms with Crippen LogP contribution >= 0.6 is 0 Å². The summed E-state index contributed by atoms with van der Waals surface area (Å²) < 4.78 is 12.8. The minimum absolute atomic E-state index is 0.0602. The van der Waals surface area contributed by atoms with E-state index in [1.165, 1.54) is 6.42 Å². The van der Waals surface area contributed by atoms with Crippen molar-refractivity contribution in [3.63, 3.8) is 0 Å². The van der Waals surface area contributed by atoms with E-state index in [1.807, 2.05) is 75.2 Å². The monoisotopic (exact) mass is 686 g/mol. The molecule has 0 saturated heterocycles. The number of anilines is 2. The number of hydrogen-bond acceptors (Lipinski definition) is 6. The van der Waals surface area contributed by atoms with Crippen LogP contribution in [0.2, 0.25) is 0 Å². The second kappa shape index (κ2) is 17.7. The number of nitrogens with one attached hydrogen (secondary N) is 2. The Labute approximate surface area is 296 Å². The Kier molecular flexibility index (Phi) is 13.1. The number of aliphatic hydroxyl groups excluding tert-OH is 1. The molecule has 50 heavy (non-hydrogen) atoms. The van der Waals surface area contributed by atoms with Gasteiger partial charge in [-0.2, -0.15) is 0 Å². The Morgan fingerprint density at radius 2 is 1.70 bits per heavy atom. The number of fused-ring (bicyclic) bond motifs is 2. The topological polar surface area (TPSA) is 120 Å². The molecule has 1 fully saturated rings. The zero-order chi connectivity index (χ0) is 35.6. The number of benzene rings is 3. The highest BCUT2D eigenvalue weighted by molar-refractivity contribution is 6.07. The molecule has 3 N–H and O–H groups in total. The van der Waals surface area contributed by atoms with Crippen molar-refractivity contribution >= 4 is 40.0 Å². The summed E-state index contributed by atoms with van der Waals surface area (Å²) >= 11 is 0. The van der Waals surface area contributed by atoms with E-state index in [1.54, 1.807) is 23.1 Å². The Morgan fingerprint density at radius 1 is 0.960 bits per heavy atom. The Hall–Kier alpha value is -4.15. The van der Waals surface area contributed by atoms with Crippen molar-refractivity contribution in [1.29, 1.82) is 0 Å². The number of aliphatic hydroxyl groups is 1. The molecule has 1 heterocycles. The van der Waals surface area contributed by atoms with Crippen molar-refractivity contribution in [2.24, 2.45) is 11.8 Å². The fourth-order valence-electron chi connectivity index (χ4n) is 7.10. The van der Waals surface area contributed by atoms with Gasteiger partial charge in [0.15, 0.2) is 0 Å². The minimum Gasteiger partial charge on any atom is -0.490 e. The molecule has 270 valence electrons. The molecular formula is C40H54N4O6. The molecule has 0 spiro atoms. The smallest absolute Gasteiger partial charge is 0.323 e. The lowest BCUT2D eigenvalue weighted by atomic mass is 9.88. The van der Waals surface area contributed by atoms with Gasteiger partial charge in [0, 0.05) is 49.7 Å². The first kappa shape index (κ1) is 37.1. The zero-order valence-corrected chi connectivity index (χ0v) is 30.0. The lowest BCUT2D eigenvalue weighted by Crippen LogP contribution is -2.48. The van der Waals surface area contributed by atoms with E-state index in [9.17, 15) is 19.5 Å². The number of rotatable bonds is 7. The normalized spacial score (nSPS) is 21.7. The standard InChI is InChI=1S/C40H54N4O6/c1-27-24-44(28(2)26-45)39(47)34-23-32(41-40(48)42-35-19-12-17-30-14-8-9-18-33(30)35)20-21-36(34)50-29(3)13-10-11-22-49-37(27)25-43(4)38(46)31-15-6-5-7-16-31/h8-9,12,14,17-21,23,27-29,31,37,45H,5-7,10-11,13,15-16,22,24-26H2,1-4H3,(H2,41,42,48)/t27-,28+,29-,37+/m1/s1. The van der Waals surface area contributed by atoms with Crippen molar-refractivity contribution < 1.29 is 29.0 Å². The van der Waals surface area contributed by atoms with E-state index in [2.05, 4.69) is 10.6 Å². The third-order valence-corrected chi connectivity index (χ3v) is 10.1. The van der Waals surface area contributed by atoms with Gasteiger partial charge in [-0.25, -0.2) is 4.79 Å². The van der Waals surface area contributed by atoms with Crippen LogP contribution in [0.4, 0.5) is 16.2 Å². The van der Waals surface area contributed by atoms with Gasteiger partial charge in [-0.15, -0.1) is 0 Å². The maximum absolute atomic E-state index is 14.5. The predicted octanol–water partition coefficient (Wildman–Crippen LogP) is 7.32. The van der Waals surface area contributed by atoms with E-state index in [4.69, 9.17) is 9.47 Å². The highest BCUT2D eigenvalue weighted by atomic mass is 16.5. The molecule has 1 saturated carbocycles. The van der Waals surface area contributed by atoms with Gasteiger partial charge in [0.05, 0.1) is 36.1 Å². The second-order valence-electron chi connectivity index (χ2n) is 14.2. The predicted molar refractivity (Wildman–Crippen MR) is 198 cm³/mol. The fraction of sp³-hybridized carbons (Fsp3) is 0.525. The number of carbonyl (C=O) groups excluding carboxylic acids is 3. The van der Waals surface area contributed by atoms with Crippen LogP contribution in [0.25, 0.3) is 10.8 Å². The van der Waals surface area contributed by atoms with Crippen LogP contribution in [-0.2, 0) is 9.53 Å². The summed E-state index contributed by atoms with van der Waals surface area (Å²) in [5.74, 6) is 0.189. The van der Waals surface area contributed by atoms with Crippen LogP contribution in [0.15, 0.2) is 60.7 Å². The van der Waals surface area contributed by atoms with Crippen molar-refractivity contribution in [2.45, 2.75) is 90.4 Å². The summed E-state index contributed by atoms with van der Waals surface area (Å²) in [6.07, 6.45) is 7.25. The van der Waals surface area contributed by atoms with Crippen molar-refractivity contribution in [2.75, 3.05) is 44.0 Å². The van der Waals surface area contributed by atoms with Crippen molar-refractivity contribution in [3.05, 3.63) is 66.2 Å². The SMILES string of the molecule is C[C@@H]1CCCCO[C@@H](CN(C)C(=O)C2CCCCC2)[C@H](C)CN([C@@H](C)CO)C(=O)c2cc(NC(=O)Nc3cccc4ccccc34)ccc2O1. The van der Waals surface area contributed by atoms with Gasteiger partial charge in [0.25, 0.3) is 5.91 Å². The van der Waals surface area contributed by atoms with E-state index in [0.717, 1.165) is 55.7 Å². The first-order valence-electron chi connectivity index (χ1n) is 18.3. The molecule has 3 aromatic carbocycles. The van der Waals surface area contributed by atoms with Crippen LogP contribution in [0.1, 0.15) is 82.5 Å². The van der Waals surface area contributed by atoms with Gasteiger partial charge >= 0.3 is 6.03 Å². The van der Waals surface area contributed by atoms with E-state index >= 15 is 0 Å². The molecule has 1 aliphatic heterocycles. The molecule has 0 radical (unpaired) electrons. The molecule has 10 nitrogen and oxygen atoms in total. The third kappa shape index (κ3) is 9.54. The summed E-state index contributed by atoms with van der Waals surface area (Å²) in [6, 6.07) is 17.7. The van der Waals surface area contributed by atoms with Crippen molar-refractivity contribution in [1.82, 2.24) is 9.80 Å². The van der Waals surface area contributed by atoms with Gasteiger partial charge in [0.2, 0.25) is 5.91 Å². The third-order valence-electron chi connectivity index (χ3n) is 10.1. The average molecular weight is 687 g/mol. The summed E-state index contributed by atoms with van der Waals surface area (Å²) in [6.45, 7) is 6.87. The largest absolute Gasteiger partial charge is 0.490 e. The second-order valence-corrected chi connectivity index (χ2v) is 14.2. The molecule has 0 bridgehead atoms. The number of likely N-dealkylation sites (N-methyl/N-ethyl adjacent to an activating group) is 1. The van der Waals surface area contributed by atoms with Crippen LogP contribution in [-0.4, -0.2) is 84.4 Å².